The van der Waals surface area contributed by atoms with Gasteiger partial charge in [0.05, 0.1) is 39.3 Å². The van der Waals surface area contributed by atoms with Crippen LogP contribution in [0.15, 0.2) is 41.0 Å². The van der Waals surface area contributed by atoms with Crippen LogP contribution >= 0.6 is 0 Å². The molecule has 1 aliphatic heterocycles. The standard InChI is InChI=1S/C22H31NO6/c1-25-21-8-7-17(11-22(21)26-2)12-23(14-19-5-3-9-28-19)13-18(24)15-27-16-20-6-4-10-29-20/h4,6-8,10-11,18-19,24H,3,5,9,12-16H2,1-2H3/t18-,19+/m0/s1. The number of ether oxygens (including phenoxy) is 4. The summed E-state index contributed by atoms with van der Waals surface area (Å²) >= 11 is 0. The molecule has 2 heterocycles. The lowest BCUT2D eigenvalue weighted by Crippen LogP contribution is -2.39. The minimum absolute atomic E-state index is 0.200. The average molecular weight is 405 g/mol. The van der Waals surface area contributed by atoms with Gasteiger partial charge in [-0.15, -0.1) is 0 Å². The molecular formula is C22H31NO6. The Kier molecular flexibility index (Phi) is 8.37. The van der Waals surface area contributed by atoms with Gasteiger partial charge in [-0.25, -0.2) is 0 Å². The van der Waals surface area contributed by atoms with E-state index in [1.165, 1.54) is 0 Å². The molecule has 0 saturated carbocycles. The van der Waals surface area contributed by atoms with E-state index in [1.54, 1.807) is 20.5 Å². The zero-order valence-electron chi connectivity index (χ0n) is 17.2. The molecule has 0 aliphatic carbocycles. The molecule has 1 aromatic heterocycles. The van der Waals surface area contributed by atoms with Gasteiger partial charge in [0, 0.05) is 26.2 Å². The van der Waals surface area contributed by atoms with Crippen LogP contribution in [-0.2, 0) is 22.6 Å². The fourth-order valence-corrected chi connectivity index (χ4v) is 3.56. The van der Waals surface area contributed by atoms with Crippen LogP contribution in [0.2, 0.25) is 0 Å². The monoisotopic (exact) mass is 405 g/mol. The summed E-state index contributed by atoms with van der Waals surface area (Å²) in [5.74, 6) is 2.15. The summed E-state index contributed by atoms with van der Waals surface area (Å²) in [6.45, 7) is 3.34. The van der Waals surface area contributed by atoms with E-state index < -0.39 is 6.10 Å². The summed E-state index contributed by atoms with van der Waals surface area (Å²) in [5, 5.41) is 10.5. The van der Waals surface area contributed by atoms with E-state index >= 15 is 0 Å². The normalized spacial score (nSPS) is 17.6. The molecule has 0 spiro atoms. The molecule has 0 radical (unpaired) electrons. The van der Waals surface area contributed by atoms with Crippen molar-refractivity contribution in [1.82, 2.24) is 4.90 Å². The van der Waals surface area contributed by atoms with Crippen molar-refractivity contribution >= 4 is 0 Å². The van der Waals surface area contributed by atoms with Gasteiger partial charge in [-0.2, -0.15) is 0 Å². The lowest BCUT2D eigenvalue weighted by Gasteiger charge is -2.27. The lowest BCUT2D eigenvalue weighted by molar-refractivity contribution is -0.00636. The van der Waals surface area contributed by atoms with Crippen LogP contribution in [0.4, 0.5) is 0 Å². The third-order valence-corrected chi connectivity index (χ3v) is 4.94. The molecule has 1 aromatic carbocycles. The van der Waals surface area contributed by atoms with E-state index in [4.69, 9.17) is 23.4 Å². The highest BCUT2D eigenvalue weighted by atomic mass is 16.5. The number of hydrogen-bond acceptors (Lipinski definition) is 7. The topological polar surface area (TPSA) is 73.5 Å². The van der Waals surface area contributed by atoms with Crippen molar-refractivity contribution < 1.29 is 28.5 Å². The maximum atomic E-state index is 10.5. The maximum Gasteiger partial charge on any atom is 0.161 e. The first-order valence-corrected chi connectivity index (χ1v) is 10.0. The van der Waals surface area contributed by atoms with Gasteiger partial charge in [0.15, 0.2) is 11.5 Å². The van der Waals surface area contributed by atoms with E-state index in [2.05, 4.69) is 4.90 Å². The van der Waals surface area contributed by atoms with Crippen LogP contribution in [0.5, 0.6) is 11.5 Å². The largest absolute Gasteiger partial charge is 0.493 e. The van der Waals surface area contributed by atoms with Gasteiger partial charge in [-0.1, -0.05) is 6.07 Å². The quantitative estimate of drug-likeness (QED) is 0.582. The van der Waals surface area contributed by atoms with Gasteiger partial charge in [0.1, 0.15) is 12.4 Å². The summed E-state index contributed by atoms with van der Waals surface area (Å²) in [6, 6.07) is 9.57. The van der Waals surface area contributed by atoms with Crippen LogP contribution in [0.3, 0.4) is 0 Å². The van der Waals surface area contributed by atoms with Gasteiger partial charge in [0.2, 0.25) is 0 Å². The van der Waals surface area contributed by atoms with Crippen molar-refractivity contribution in [3.05, 3.63) is 47.9 Å². The van der Waals surface area contributed by atoms with Gasteiger partial charge < -0.3 is 28.5 Å². The minimum Gasteiger partial charge on any atom is -0.493 e. The fourth-order valence-electron chi connectivity index (χ4n) is 3.56. The zero-order chi connectivity index (χ0) is 20.5. The molecule has 1 fully saturated rings. The zero-order valence-corrected chi connectivity index (χ0v) is 17.2. The van der Waals surface area contributed by atoms with Crippen molar-refractivity contribution in [1.29, 1.82) is 0 Å². The Balaban J connectivity index is 1.57. The van der Waals surface area contributed by atoms with Gasteiger partial charge in [-0.05, 0) is 42.7 Å². The molecule has 3 rings (SSSR count). The SMILES string of the molecule is COc1ccc(CN(C[C@H](O)COCc2ccco2)C[C@H]2CCCO2)cc1OC. The second-order valence-corrected chi connectivity index (χ2v) is 7.27. The highest BCUT2D eigenvalue weighted by molar-refractivity contribution is 5.42. The number of aliphatic hydroxyl groups is 1. The Morgan fingerprint density at radius 2 is 2.07 bits per heavy atom. The summed E-state index contributed by atoms with van der Waals surface area (Å²) in [6.07, 6.45) is 3.34. The Morgan fingerprint density at radius 3 is 2.76 bits per heavy atom. The minimum atomic E-state index is -0.605. The predicted octanol–water partition coefficient (Wildman–Crippen LogP) is 2.86. The molecule has 7 nitrogen and oxygen atoms in total. The highest BCUT2D eigenvalue weighted by Crippen LogP contribution is 2.28. The molecule has 2 aromatic rings. The van der Waals surface area contributed by atoms with Crippen LogP contribution in [0, 0.1) is 0 Å². The summed E-state index contributed by atoms with van der Waals surface area (Å²) in [5.41, 5.74) is 1.09. The van der Waals surface area contributed by atoms with Crippen molar-refractivity contribution in [2.45, 2.75) is 38.2 Å². The van der Waals surface area contributed by atoms with Crippen LogP contribution < -0.4 is 9.47 Å². The number of rotatable bonds is 12. The van der Waals surface area contributed by atoms with E-state index in [0.717, 1.165) is 37.3 Å². The lowest BCUT2D eigenvalue weighted by atomic mass is 10.1. The number of hydrogen-bond donors (Lipinski definition) is 1. The van der Waals surface area contributed by atoms with Crippen molar-refractivity contribution in [2.24, 2.45) is 0 Å². The molecule has 160 valence electrons. The molecule has 1 saturated heterocycles. The molecule has 0 unspecified atom stereocenters. The van der Waals surface area contributed by atoms with Crippen molar-refractivity contribution in [3.63, 3.8) is 0 Å². The number of aliphatic hydroxyl groups excluding tert-OH is 1. The van der Waals surface area contributed by atoms with E-state index in [0.29, 0.717) is 31.2 Å². The number of benzene rings is 1. The smallest absolute Gasteiger partial charge is 0.161 e. The second-order valence-electron chi connectivity index (χ2n) is 7.27. The van der Waals surface area contributed by atoms with Crippen molar-refractivity contribution in [2.75, 3.05) is 40.5 Å². The first kappa shape index (κ1) is 21.6. The predicted molar refractivity (Wildman–Crippen MR) is 108 cm³/mol. The molecule has 0 bridgehead atoms. The number of nitrogens with zero attached hydrogens (tertiary/aromatic N) is 1. The molecular weight excluding hydrogens is 374 g/mol. The van der Waals surface area contributed by atoms with Gasteiger partial charge >= 0.3 is 0 Å². The summed E-state index contributed by atoms with van der Waals surface area (Å²) in [4.78, 5) is 2.21. The molecule has 1 N–H and O–H groups in total. The van der Waals surface area contributed by atoms with Crippen molar-refractivity contribution in [3.8, 4) is 11.5 Å². The Morgan fingerprint density at radius 1 is 1.21 bits per heavy atom. The third kappa shape index (κ3) is 6.75. The Hall–Kier alpha value is -2.06. The molecule has 1 aliphatic rings. The third-order valence-electron chi connectivity index (χ3n) is 4.94. The van der Waals surface area contributed by atoms with E-state index in [1.807, 2.05) is 30.3 Å². The van der Waals surface area contributed by atoms with Crippen LogP contribution in [0.25, 0.3) is 0 Å². The maximum absolute atomic E-state index is 10.5. The van der Waals surface area contributed by atoms with Crippen LogP contribution in [-0.4, -0.2) is 62.7 Å². The first-order chi connectivity index (χ1) is 14.2. The number of methoxy groups -OCH3 is 2. The summed E-state index contributed by atoms with van der Waals surface area (Å²) < 4.78 is 27.4. The van der Waals surface area contributed by atoms with E-state index in [-0.39, 0.29) is 12.7 Å². The van der Waals surface area contributed by atoms with Gasteiger partial charge in [-0.3, -0.25) is 4.90 Å². The second kappa shape index (κ2) is 11.2. The van der Waals surface area contributed by atoms with E-state index in [9.17, 15) is 5.11 Å². The number of furan rings is 1. The summed E-state index contributed by atoms with van der Waals surface area (Å²) in [7, 11) is 3.26. The molecule has 7 heteroatoms. The average Bonchev–Trinajstić information content (AvgIpc) is 3.42. The van der Waals surface area contributed by atoms with Crippen LogP contribution in [0.1, 0.15) is 24.2 Å². The van der Waals surface area contributed by atoms with Gasteiger partial charge in [0.25, 0.3) is 0 Å². The molecule has 2 atom stereocenters. The molecule has 0 amide bonds. The Bertz CT molecular complexity index is 714. The molecule has 29 heavy (non-hydrogen) atoms. The Labute approximate surface area is 172 Å². The fraction of sp³-hybridized carbons (Fsp3) is 0.545. The first-order valence-electron chi connectivity index (χ1n) is 10.0. The highest BCUT2D eigenvalue weighted by Gasteiger charge is 2.22.